The lowest BCUT2D eigenvalue weighted by Gasteiger charge is -2.30. The molecule has 1 aliphatic carbocycles. The quantitative estimate of drug-likeness (QED) is 0.230. The topological polar surface area (TPSA) is 97.5 Å². The second kappa shape index (κ2) is 10.5. The van der Waals surface area contributed by atoms with Crippen molar-refractivity contribution in [2.24, 2.45) is 0 Å². The van der Waals surface area contributed by atoms with E-state index in [1.165, 1.54) is 28.2 Å². The van der Waals surface area contributed by atoms with Crippen molar-refractivity contribution in [3.8, 4) is 0 Å². The van der Waals surface area contributed by atoms with Gasteiger partial charge in [0.05, 0.1) is 0 Å². The molecule has 1 atom stereocenters. The highest BCUT2D eigenvalue weighted by Gasteiger charge is 2.28. The van der Waals surface area contributed by atoms with Crippen LogP contribution < -0.4 is 10.8 Å². The minimum Gasteiger partial charge on any atom is -0.361 e. The number of aromatic amines is 1. The molecule has 172 valence electrons. The Balaban J connectivity index is 1.51. The average molecular weight is 447 g/mol. The average Bonchev–Trinajstić information content (AvgIpc) is 3.43. The maximum absolute atomic E-state index is 11.4. The fraction of sp³-hybridized carbons (Fsp3) is 0.308. The predicted octanol–water partition coefficient (Wildman–Crippen LogP) is 3.35. The number of H-pyrrole nitrogens is 1. The summed E-state index contributed by atoms with van der Waals surface area (Å²) >= 11 is 0. The fourth-order valence-corrected chi connectivity index (χ4v) is 4.71. The van der Waals surface area contributed by atoms with E-state index in [1.54, 1.807) is 18.5 Å². The molecule has 1 aromatic heterocycles. The number of para-hydroxylation sites is 1. The number of rotatable bonds is 9. The normalized spacial score (nSPS) is 15.3. The number of amides is 2. The van der Waals surface area contributed by atoms with E-state index in [0.717, 1.165) is 43.4 Å². The molecular weight excluding hydrogens is 416 g/mol. The van der Waals surface area contributed by atoms with Crippen LogP contribution >= 0.6 is 0 Å². The Hall–Kier alpha value is -3.42. The molecule has 7 heteroatoms. The summed E-state index contributed by atoms with van der Waals surface area (Å²) in [4.78, 5) is 28.5. The zero-order valence-electron chi connectivity index (χ0n) is 18.8. The monoisotopic (exact) mass is 446 g/mol. The van der Waals surface area contributed by atoms with Gasteiger partial charge in [0.25, 0.3) is 5.91 Å². The van der Waals surface area contributed by atoms with Crippen molar-refractivity contribution in [1.82, 2.24) is 20.7 Å². The number of aryl methyl sites for hydroxylation is 1. The van der Waals surface area contributed by atoms with Gasteiger partial charge in [0.1, 0.15) is 0 Å². The van der Waals surface area contributed by atoms with E-state index in [-0.39, 0.29) is 11.9 Å². The molecule has 1 unspecified atom stereocenters. The molecule has 0 saturated heterocycles. The Bertz CT molecular complexity index is 1170. The van der Waals surface area contributed by atoms with Crippen molar-refractivity contribution < 1.29 is 14.8 Å². The van der Waals surface area contributed by atoms with Gasteiger partial charge >= 0.3 is 0 Å². The first-order valence-corrected chi connectivity index (χ1v) is 11.3. The molecule has 0 aliphatic heterocycles. The standard InChI is InChI=1S/C26H30N4O3/c1-18(31)27-13-15-30(14-12-21-17-28-24-5-3-2-4-22(21)24)25-10-8-20-16-19(6-9-23(20)25)7-11-26(32)29-33/h2-7,9,11,16-17,25,28,33H,8,10,12-15H2,1H3,(H,27,31)(H,29,32). The van der Waals surface area contributed by atoms with E-state index >= 15 is 0 Å². The number of hydrogen-bond donors (Lipinski definition) is 4. The highest BCUT2D eigenvalue weighted by atomic mass is 16.5. The number of nitrogens with one attached hydrogen (secondary N) is 3. The maximum atomic E-state index is 11.4. The fourth-order valence-electron chi connectivity index (χ4n) is 4.71. The van der Waals surface area contributed by atoms with Crippen LogP contribution in [0.25, 0.3) is 17.0 Å². The first kappa shape index (κ1) is 22.8. The number of aromatic nitrogens is 1. The summed E-state index contributed by atoms with van der Waals surface area (Å²) < 4.78 is 0. The van der Waals surface area contributed by atoms with Gasteiger partial charge in [-0.2, -0.15) is 0 Å². The van der Waals surface area contributed by atoms with Crippen molar-refractivity contribution in [1.29, 1.82) is 0 Å². The van der Waals surface area contributed by atoms with E-state index in [4.69, 9.17) is 5.21 Å². The largest absolute Gasteiger partial charge is 0.361 e. The number of carbonyl (C=O) groups excluding carboxylic acids is 2. The third kappa shape index (κ3) is 5.50. The molecule has 1 aliphatic rings. The molecule has 0 bridgehead atoms. The van der Waals surface area contributed by atoms with E-state index in [2.05, 4.69) is 51.7 Å². The van der Waals surface area contributed by atoms with Crippen molar-refractivity contribution in [3.05, 3.63) is 77.0 Å². The summed E-state index contributed by atoms with van der Waals surface area (Å²) in [5.41, 5.74) is 7.58. The van der Waals surface area contributed by atoms with E-state index < -0.39 is 5.91 Å². The van der Waals surface area contributed by atoms with Gasteiger partial charge in [0.15, 0.2) is 0 Å². The summed E-state index contributed by atoms with van der Waals surface area (Å²) in [6.45, 7) is 3.84. The summed E-state index contributed by atoms with van der Waals surface area (Å²) in [5.74, 6) is -0.559. The van der Waals surface area contributed by atoms with Gasteiger partial charge in [0, 0.05) is 55.8 Å². The second-order valence-electron chi connectivity index (χ2n) is 8.45. The Morgan fingerprint density at radius 3 is 2.88 bits per heavy atom. The number of hydrogen-bond acceptors (Lipinski definition) is 4. The second-order valence-corrected chi connectivity index (χ2v) is 8.45. The van der Waals surface area contributed by atoms with Crippen LogP contribution in [-0.4, -0.2) is 46.5 Å². The minimum atomic E-state index is -0.546. The zero-order valence-corrected chi connectivity index (χ0v) is 18.8. The highest BCUT2D eigenvalue weighted by Crippen LogP contribution is 2.36. The molecule has 2 aromatic carbocycles. The summed E-state index contributed by atoms with van der Waals surface area (Å²) in [7, 11) is 0. The molecule has 4 rings (SSSR count). The minimum absolute atomic E-state index is 0.0123. The van der Waals surface area contributed by atoms with Gasteiger partial charge < -0.3 is 10.3 Å². The van der Waals surface area contributed by atoms with Crippen LogP contribution in [0.15, 0.2) is 54.7 Å². The molecule has 0 saturated carbocycles. The summed E-state index contributed by atoms with van der Waals surface area (Å²) in [5, 5.41) is 12.9. The van der Waals surface area contributed by atoms with Gasteiger partial charge in [-0.15, -0.1) is 0 Å². The Morgan fingerprint density at radius 1 is 1.21 bits per heavy atom. The van der Waals surface area contributed by atoms with Gasteiger partial charge in [-0.25, -0.2) is 5.48 Å². The molecule has 0 fully saturated rings. The van der Waals surface area contributed by atoms with Crippen molar-refractivity contribution in [2.45, 2.75) is 32.2 Å². The van der Waals surface area contributed by atoms with Crippen LogP contribution in [-0.2, 0) is 22.4 Å². The molecular formula is C26H30N4O3. The van der Waals surface area contributed by atoms with Crippen LogP contribution in [0.2, 0.25) is 0 Å². The lowest BCUT2D eigenvalue weighted by atomic mass is 10.0. The third-order valence-electron chi connectivity index (χ3n) is 6.31. The number of nitrogens with zero attached hydrogens (tertiary/aromatic N) is 1. The first-order valence-electron chi connectivity index (χ1n) is 11.3. The summed E-state index contributed by atoms with van der Waals surface area (Å²) in [6, 6.07) is 14.9. The SMILES string of the molecule is CC(=O)NCCN(CCc1c[nH]c2ccccc12)C1CCc2cc(C=CC(=O)NO)ccc21. The number of benzene rings is 2. The van der Waals surface area contributed by atoms with Crippen LogP contribution in [0, 0.1) is 0 Å². The van der Waals surface area contributed by atoms with Gasteiger partial charge in [-0.05, 0) is 53.7 Å². The molecule has 33 heavy (non-hydrogen) atoms. The Labute approximate surface area is 193 Å². The van der Waals surface area contributed by atoms with E-state index in [1.807, 2.05) is 12.1 Å². The lowest BCUT2D eigenvalue weighted by molar-refractivity contribution is -0.124. The van der Waals surface area contributed by atoms with Gasteiger partial charge in [0.2, 0.25) is 5.91 Å². The zero-order chi connectivity index (χ0) is 23.2. The Morgan fingerprint density at radius 2 is 2.06 bits per heavy atom. The molecule has 0 spiro atoms. The first-order chi connectivity index (χ1) is 16.0. The number of hydroxylamine groups is 1. The van der Waals surface area contributed by atoms with Gasteiger partial charge in [-0.3, -0.25) is 19.7 Å². The molecule has 4 N–H and O–H groups in total. The van der Waals surface area contributed by atoms with Gasteiger partial charge in [-0.1, -0.05) is 36.4 Å². The molecule has 0 radical (unpaired) electrons. The van der Waals surface area contributed by atoms with Crippen molar-refractivity contribution in [3.63, 3.8) is 0 Å². The van der Waals surface area contributed by atoms with Crippen molar-refractivity contribution >= 4 is 28.8 Å². The highest BCUT2D eigenvalue weighted by molar-refractivity contribution is 5.90. The van der Waals surface area contributed by atoms with E-state index in [9.17, 15) is 9.59 Å². The number of carbonyl (C=O) groups is 2. The summed E-state index contributed by atoms with van der Waals surface area (Å²) in [6.07, 6.45) is 8.03. The van der Waals surface area contributed by atoms with Crippen LogP contribution in [0.1, 0.15) is 41.6 Å². The maximum Gasteiger partial charge on any atom is 0.267 e. The Kier molecular flexibility index (Phi) is 7.22. The van der Waals surface area contributed by atoms with Crippen LogP contribution in [0.3, 0.4) is 0 Å². The molecule has 3 aromatic rings. The third-order valence-corrected chi connectivity index (χ3v) is 6.31. The van der Waals surface area contributed by atoms with Crippen molar-refractivity contribution in [2.75, 3.05) is 19.6 Å². The van der Waals surface area contributed by atoms with Crippen LogP contribution in [0.5, 0.6) is 0 Å². The van der Waals surface area contributed by atoms with Crippen LogP contribution in [0.4, 0.5) is 0 Å². The predicted molar refractivity (Wildman–Crippen MR) is 129 cm³/mol. The molecule has 2 amide bonds. The van der Waals surface area contributed by atoms with E-state index in [0.29, 0.717) is 6.54 Å². The lowest BCUT2D eigenvalue weighted by Crippen LogP contribution is -2.37. The molecule has 7 nitrogen and oxygen atoms in total. The molecule has 1 heterocycles. The smallest absolute Gasteiger partial charge is 0.267 e. The number of fused-ring (bicyclic) bond motifs is 2.